The number of ether oxygens (including phenoxy) is 1. The lowest BCUT2D eigenvalue weighted by Crippen LogP contribution is -2.68. The molecule has 0 unspecified atom stereocenters. The summed E-state index contributed by atoms with van der Waals surface area (Å²) in [5.41, 5.74) is 1.35. The van der Waals surface area contributed by atoms with Crippen molar-refractivity contribution in [1.29, 1.82) is 0 Å². The zero-order chi connectivity index (χ0) is 17.9. The molecule has 1 N–H and O–H groups in total. The van der Waals surface area contributed by atoms with Crippen molar-refractivity contribution in [2.75, 3.05) is 20.2 Å². The van der Waals surface area contributed by atoms with E-state index in [1.54, 1.807) is 7.11 Å². The molecule has 26 heavy (non-hydrogen) atoms. The Balaban J connectivity index is 1.66. The van der Waals surface area contributed by atoms with Crippen molar-refractivity contribution in [1.82, 2.24) is 4.90 Å². The number of likely N-dealkylation sites (tertiary alicyclic amines) is 1. The van der Waals surface area contributed by atoms with Crippen LogP contribution in [0.1, 0.15) is 56.1 Å². The molecule has 1 saturated heterocycles. The lowest BCUT2D eigenvalue weighted by Gasteiger charge is -2.58. The Morgan fingerprint density at radius 2 is 2.15 bits per heavy atom. The van der Waals surface area contributed by atoms with Crippen LogP contribution in [0.15, 0.2) is 18.2 Å². The monoisotopic (exact) mass is 355 g/mol. The molecular weight excluding hydrogens is 326 g/mol. The largest absolute Gasteiger partial charge is 0.497 e. The zero-order valence-corrected chi connectivity index (χ0v) is 15.7. The maximum Gasteiger partial charge on any atom is 0.135 e. The highest BCUT2D eigenvalue weighted by Gasteiger charge is 2.63. The molecule has 4 aliphatic rings. The van der Waals surface area contributed by atoms with Crippen LogP contribution in [0.3, 0.4) is 0 Å². The average molecular weight is 355 g/mol. The van der Waals surface area contributed by atoms with Crippen molar-refractivity contribution in [3.05, 3.63) is 29.3 Å². The normalized spacial score (nSPS) is 36.8. The fourth-order valence-corrected chi connectivity index (χ4v) is 6.11. The fraction of sp³-hybridized carbons (Fsp3) is 0.682. The zero-order valence-electron chi connectivity index (χ0n) is 15.7. The first kappa shape index (κ1) is 16.8. The summed E-state index contributed by atoms with van der Waals surface area (Å²) < 4.78 is 5.50. The third-order valence-corrected chi connectivity index (χ3v) is 7.60. The number of fused-ring (bicyclic) bond motifs is 1. The minimum atomic E-state index is -0.937. The maximum absolute atomic E-state index is 12.4. The minimum absolute atomic E-state index is 0.0655. The van der Waals surface area contributed by atoms with Gasteiger partial charge in [-0.2, -0.15) is 0 Å². The number of hydrogen-bond donors (Lipinski definition) is 1. The maximum atomic E-state index is 12.4. The molecule has 3 aliphatic carbocycles. The summed E-state index contributed by atoms with van der Waals surface area (Å²) in [7, 11) is 1.70. The molecule has 0 spiro atoms. The van der Waals surface area contributed by atoms with E-state index in [0.29, 0.717) is 12.8 Å². The summed E-state index contributed by atoms with van der Waals surface area (Å²) in [6.45, 7) is 2.13. The summed E-state index contributed by atoms with van der Waals surface area (Å²) in [5.74, 6) is 1.88. The van der Waals surface area contributed by atoms with E-state index in [-0.39, 0.29) is 17.2 Å². The Morgan fingerprint density at radius 3 is 2.92 bits per heavy atom. The van der Waals surface area contributed by atoms with Crippen molar-refractivity contribution in [3.63, 3.8) is 0 Å². The number of Topliss-reactive ketones (excluding diaryl/α,β-unsaturated/α-hetero) is 1. The van der Waals surface area contributed by atoms with Crippen LogP contribution in [0, 0.1) is 5.92 Å². The molecule has 1 aromatic rings. The lowest BCUT2D eigenvalue weighted by atomic mass is 9.51. The molecule has 2 saturated carbocycles. The summed E-state index contributed by atoms with van der Waals surface area (Å²) >= 11 is 0. The SMILES string of the molecule is COc1ccc2c(c1)[C@]13CCCN(CC4CC4)[C@H](C2)[C@]1(O)CC(=O)CC3. The number of hydrogen-bond acceptors (Lipinski definition) is 4. The van der Waals surface area contributed by atoms with E-state index < -0.39 is 5.60 Å². The van der Waals surface area contributed by atoms with Crippen molar-refractivity contribution in [3.8, 4) is 5.75 Å². The van der Waals surface area contributed by atoms with Crippen LogP contribution in [-0.2, 0) is 16.6 Å². The molecule has 4 nitrogen and oxygen atoms in total. The summed E-state index contributed by atoms with van der Waals surface area (Å²) in [5, 5.41) is 12.1. The number of benzene rings is 1. The van der Waals surface area contributed by atoms with Gasteiger partial charge in [-0.25, -0.2) is 0 Å². The van der Waals surface area contributed by atoms with Crippen LogP contribution in [0.4, 0.5) is 0 Å². The molecule has 0 radical (unpaired) electrons. The Labute approximate surface area is 155 Å². The first-order valence-corrected chi connectivity index (χ1v) is 10.2. The third kappa shape index (κ3) is 2.31. The molecule has 0 aromatic heterocycles. The molecule has 1 aliphatic heterocycles. The molecule has 2 bridgehead atoms. The molecule has 0 amide bonds. The molecule has 4 heteroatoms. The molecule has 3 atom stereocenters. The quantitative estimate of drug-likeness (QED) is 0.906. The van der Waals surface area contributed by atoms with E-state index in [1.165, 1.54) is 24.0 Å². The van der Waals surface area contributed by atoms with Gasteiger partial charge in [-0.05, 0) is 74.2 Å². The van der Waals surface area contributed by atoms with Crippen LogP contribution in [0.25, 0.3) is 0 Å². The number of nitrogens with zero attached hydrogens (tertiary/aromatic N) is 1. The summed E-state index contributed by atoms with van der Waals surface area (Å²) in [6.07, 6.45) is 7.22. The second kappa shape index (κ2) is 5.80. The van der Waals surface area contributed by atoms with Gasteiger partial charge >= 0.3 is 0 Å². The van der Waals surface area contributed by atoms with E-state index in [2.05, 4.69) is 17.0 Å². The van der Waals surface area contributed by atoms with Crippen molar-refractivity contribution in [2.24, 2.45) is 5.92 Å². The molecule has 140 valence electrons. The van der Waals surface area contributed by atoms with Gasteiger partial charge in [0.25, 0.3) is 0 Å². The number of methoxy groups -OCH3 is 1. The average Bonchev–Trinajstić information content (AvgIpc) is 3.44. The molecule has 1 heterocycles. The first-order valence-electron chi connectivity index (χ1n) is 10.2. The second-order valence-electron chi connectivity index (χ2n) is 9.01. The van der Waals surface area contributed by atoms with Crippen LogP contribution in [0.2, 0.25) is 0 Å². The Hall–Kier alpha value is -1.39. The first-order chi connectivity index (χ1) is 12.6. The molecule has 3 fully saturated rings. The summed E-state index contributed by atoms with van der Waals surface area (Å²) in [4.78, 5) is 15.0. The number of ketones is 1. The Morgan fingerprint density at radius 1 is 1.31 bits per heavy atom. The van der Waals surface area contributed by atoms with Crippen LogP contribution in [0.5, 0.6) is 5.75 Å². The second-order valence-corrected chi connectivity index (χ2v) is 9.01. The molecular formula is C22H29NO3. The number of rotatable bonds is 3. The van der Waals surface area contributed by atoms with Gasteiger partial charge in [-0.1, -0.05) is 6.07 Å². The van der Waals surface area contributed by atoms with Crippen LogP contribution < -0.4 is 4.74 Å². The number of aliphatic hydroxyl groups is 1. The third-order valence-electron chi connectivity index (χ3n) is 7.60. The van der Waals surface area contributed by atoms with Crippen molar-refractivity contribution < 1.29 is 14.6 Å². The van der Waals surface area contributed by atoms with Crippen LogP contribution >= 0.6 is 0 Å². The Kier molecular flexibility index (Phi) is 3.74. The number of carbonyl (C=O) groups is 1. The highest BCUT2D eigenvalue weighted by Crippen LogP contribution is 2.57. The number of carbonyl (C=O) groups excluding carboxylic acids is 1. The Bertz CT molecular complexity index is 743. The van der Waals surface area contributed by atoms with Gasteiger partial charge < -0.3 is 9.84 Å². The van der Waals surface area contributed by atoms with Gasteiger partial charge in [0.05, 0.1) is 12.7 Å². The topological polar surface area (TPSA) is 49.8 Å². The van der Waals surface area contributed by atoms with E-state index in [1.807, 2.05) is 6.07 Å². The predicted octanol–water partition coefficient (Wildman–Crippen LogP) is 2.85. The van der Waals surface area contributed by atoms with Gasteiger partial charge in [0, 0.05) is 30.8 Å². The van der Waals surface area contributed by atoms with Gasteiger partial charge in [0.15, 0.2) is 0 Å². The van der Waals surface area contributed by atoms with Gasteiger partial charge in [0.1, 0.15) is 11.5 Å². The highest BCUT2D eigenvalue weighted by molar-refractivity contribution is 5.82. The minimum Gasteiger partial charge on any atom is -0.497 e. The fourth-order valence-electron chi connectivity index (χ4n) is 6.11. The van der Waals surface area contributed by atoms with Crippen molar-refractivity contribution >= 4 is 5.78 Å². The molecule has 1 aromatic carbocycles. The van der Waals surface area contributed by atoms with E-state index in [9.17, 15) is 9.90 Å². The van der Waals surface area contributed by atoms with Gasteiger partial charge in [0.2, 0.25) is 0 Å². The van der Waals surface area contributed by atoms with E-state index >= 15 is 0 Å². The van der Waals surface area contributed by atoms with E-state index in [4.69, 9.17) is 4.74 Å². The highest BCUT2D eigenvalue weighted by atomic mass is 16.5. The predicted molar refractivity (Wildman–Crippen MR) is 99.5 cm³/mol. The van der Waals surface area contributed by atoms with Crippen LogP contribution in [-0.4, -0.2) is 47.6 Å². The lowest BCUT2D eigenvalue weighted by molar-refractivity contribution is -0.151. The van der Waals surface area contributed by atoms with Gasteiger partial charge in [-0.15, -0.1) is 0 Å². The van der Waals surface area contributed by atoms with E-state index in [0.717, 1.165) is 50.4 Å². The summed E-state index contributed by atoms with van der Waals surface area (Å²) in [6, 6.07) is 6.45. The molecule has 5 rings (SSSR count). The smallest absolute Gasteiger partial charge is 0.135 e. The standard InChI is InChI=1S/C22H29NO3/c1-26-18-6-5-16-11-20-22(25)13-17(24)7-9-21(22,19(16)12-18)8-2-10-23(20)14-15-3-4-15/h5-6,12,15,20,25H,2-4,7-11,13-14H2,1H3/t20-,21-,22-/m1/s1. The van der Waals surface area contributed by atoms with Gasteiger partial charge in [-0.3, -0.25) is 9.69 Å². The van der Waals surface area contributed by atoms with Crippen molar-refractivity contribution in [2.45, 2.75) is 68.4 Å².